The second-order valence-corrected chi connectivity index (χ2v) is 3.77. The summed E-state index contributed by atoms with van der Waals surface area (Å²) in [6.07, 6.45) is 3.74. The molecule has 3 N–H and O–H groups in total. The minimum atomic E-state index is 0.801. The van der Waals surface area contributed by atoms with Crippen molar-refractivity contribution in [1.82, 2.24) is 9.78 Å². The quantitative estimate of drug-likeness (QED) is 0.767. The van der Waals surface area contributed by atoms with Crippen LogP contribution in [0.2, 0.25) is 0 Å². The van der Waals surface area contributed by atoms with E-state index in [2.05, 4.69) is 10.4 Å². The van der Waals surface area contributed by atoms with Crippen molar-refractivity contribution < 1.29 is 0 Å². The van der Waals surface area contributed by atoms with Gasteiger partial charge in [0, 0.05) is 30.3 Å². The van der Waals surface area contributed by atoms with E-state index in [1.807, 2.05) is 42.1 Å². The molecule has 16 heavy (non-hydrogen) atoms. The zero-order chi connectivity index (χ0) is 11.4. The minimum absolute atomic E-state index is 0.801. The average molecular weight is 216 g/mol. The van der Waals surface area contributed by atoms with Crippen molar-refractivity contribution in [3.63, 3.8) is 0 Å². The van der Waals surface area contributed by atoms with Crippen LogP contribution < -0.4 is 11.1 Å². The Hall–Kier alpha value is -1.97. The fraction of sp³-hybridized carbons (Fsp3) is 0.250. The van der Waals surface area contributed by atoms with Gasteiger partial charge in [-0.2, -0.15) is 5.10 Å². The maximum Gasteiger partial charge on any atom is 0.0582 e. The minimum Gasteiger partial charge on any atom is -0.399 e. The molecule has 4 nitrogen and oxygen atoms in total. The zero-order valence-electron chi connectivity index (χ0n) is 9.35. The molecule has 1 aromatic heterocycles. The normalized spacial score (nSPS) is 10.3. The van der Waals surface area contributed by atoms with Crippen LogP contribution >= 0.6 is 0 Å². The lowest BCUT2D eigenvalue weighted by Gasteiger charge is -2.10. The molecule has 4 heteroatoms. The molecule has 2 aromatic rings. The van der Waals surface area contributed by atoms with E-state index in [-0.39, 0.29) is 0 Å². The van der Waals surface area contributed by atoms with Crippen molar-refractivity contribution in [3.05, 3.63) is 42.2 Å². The third kappa shape index (κ3) is 2.53. The Balaban J connectivity index is 1.90. The van der Waals surface area contributed by atoms with Crippen molar-refractivity contribution in [2.24, 2.45) is 0 Å². The van der Waals surface area contributed by atoms with Crippen LogP contribution in [0.25, 0.3) is 0 Å². The Labute approximate surface area is 95.1 Å². The van der Waals surface area contributed by atoms with E-state index in [9.17, 15) is 0 Å². The molecule has 0 aliphatic rings. The molecule has 0 aliphatic heterocycles. The second-order valence-electron chi connectivity index (χ2n) is 3.77. The number of rotatable bonds is 4. The summed E-state index contributed by atoms with van der Waals surface area (Å²) in [5, 5.41) is 7.50. The Morgan fingerprint density at radius 3 is 3.00 bits per heavy atom. The average Bonchev–Trinajstić information content (AvgIpc) is 2.74. The number of anilines is 2. The highest BCUT2D eigenvalue weighted by atomic mass is 15.3. The summed E-state index contributed by atoms with van der Waals surface area (Å²) < 4.78 is 1.90. The maximum atomic E-state index is 5.69. The number of aromatic nitrogens is 2. The van der Waals surface area contributed by atoms with Gasteiger partial charge in [0.05, 0.1) is 6.54 Å². The van der Waals surface area contributed by atoms with Crippen molar-refractivity contribution in [1.29, 1.82) is 0 Å². The summed E-state index contributed by atoms with van der Waals surface area (Å²) in [7, 11) is 0. The molecule has 84 valence electrons. The molecule has 0 unspecified atom stereocenters. The molecular formula is C12H16N4. The van der Waals surface area contributed by atoms with Crippen molar-refractivity contribution in [3.8, 4) is 0 Å². The lowest BCUT2D eigenvalue weighted by molar-refractivity contribution is 0.638. The second kappa shape index (κ2) is 4.70. The summed E-state index contributed by atoms with van der Waals surface area (Å²) >= 11 is 0. The van der Waals surface area contributed by atoms with Crippen LogP contribution in [0.4, 0.5) is 11.4 Å². The highest BCUT2D eigenvalue weighted by molar-refractivity contribution is 5.57. The van der Waals surface area contributed by atoms with Crippen LogP contribution in [0.1, 0.15) is 5.56 Å². The van der Waals surface area contributed by atoms with Crippen LogP contribution in [0.5, 0.6) is 0 Å². The number of benzene rings is 1. The van der Waals surface area contributed by atoms with Crippen LogP contribution in [-0.2, 0) is 6.54 Å². The SMILES string of the molecule is Cc1cc(N)ccc1NCCn1cccn1. The van der Waals surface area contributed by atoms with Gasteiger partial charge in [-0.25, -0.2) is 0 Å². The number of nitrogen functional groups attached to an aromatic ring is 1. The van der Waals surface area contributed by atoms with Gasteiger partial charge in [-0.05, 0) is 36.8 Å². The van der Waals surface area contributed by atoms with E-state index in [1.165, 1.54) is 5.56 Å². The van der Waals surface area contributed by atoms with Crippen molar-refractivity contribution in [2.45, 2.75) is 13.5 Å². The molecule has 1 heterocycles. The lowest BCUT2D eigenvalue weighted by atomic mass is 10.2. The van der Waals surface area contributed by atoms with E-state index >= 15 is 0 Å². The van der Waals surface area contributed by atoms with Crippen LogP contribution in [-0.4, -0.2) is 16.3 Å². The fourth-order valence-corrected chi connectivity index (χ4v) is 1.62. The van der Waals surface area contributed by atoms with E-state index in [0.29, 0.717) is 0 Å². The zero-order valence-corrected chi connectivity index (χ0v) is 9.35. The van der Waals surface area contributed by atoms with Gasteiger partial charge in [0.1, 0.15) is 0 Å². The Kier molecular flexibility index (Phi) is 3.10. The van der Waals surface area contributed by atoms with Crippen LogP contribution in [0.3, 0.4) is 0 Å². The largest absolute Gasteiger partial charge is 0.399 e. The summed E-state index contributed by atoms with van der Waals surface area (Å²) in [5.74, 6) is 0. The molecule has 0 fully saturated rings. The monoisotopic (exact) mass is 216 g/mol. The Morgan fingerprint density at radius 2 is 2.31 bits per heavy atom. The van der Waals surface area contributed by atoms with Gasteiger partial charge in [-0.1, -0.05) is 0 Å². The molecule has 0 saturated carbocycles. The molecule has 0 spiro atoms. The predicted molar refractivity (Wildman–Crippen MR) is 66.3 cm³/mol. The van der Waals surface area contributed by atoms with Crippen LogP contribution in [0, 0.1) is 6.92 Å². The van der Waals surface area contributed by atoms with E-state index < -0.39 is 0 Å². The predicted octanol–water partition coefficient (Wildman–Crippen LogP) is 1.89. The summed E-state index contributed by atoms with van der Waals surface area (Å²) in [6.45, 7) is 3.76. The standard InChI is InChI=1S/C12H16N4/c1-10-9-11(13)3-4-12(10)14-6-8-16-7-2-5-15-16/h2-5,7,9,14H,6,8,13H2,1H3. The van der Waals surface area contributed by atoms with Crippen molar-refractivity contribution >= 4 is 11.4 Å². The molecule has 2 rings (SSSR count). The van der Waals surface area contributed by atoms with Gasteiger partial charge in [0.15, 0.2) is 0 Å². The lowest BCUT2D eigenvalue weighted by Crippen LogP contribution is -2.11. The molecule has 0 aliphatic carbocycles. The number of hydrogen-bond donors (Lipinski definition) is 2. The van der Waals surface area contributed by atoms with Gasteiger partial charge in [0.2, 0.25) is 0 Å². The van der Waals surface area contributed by atoms with E-state index in [1.54, 1.807) is 6.20 Å². The summed E-state index contributed by atoms with van der Waals surface area (Å²) in [6, 6.07) is 7.81. The molecule has 0 amide bonds. The number of aryl methyl sites for hydroxylation is 1. The number of nitrogens with two attached hydrogens (primary N) is 1. The van der Waals surface area contributed by atoms with Gasteiger partial charge in [-0.15, -0.1) is 0 Å². The number of nitrogens with zero attached hydrogens (tertiary/aromatic N) is 2. The third-order valence-corrected chi connectivity index (χ3v) is 2.47. The van der Waals surface area contributed by atoms with Gasteiger partial charge < -0.3 is 11.1 Å². The number of nitrogens with one attached hydrogen (secondary N) is 1. The summed E-state index contributed by atoms with van der Waals surface area (Å²) in [4.78, 5) is 0. The van der Waals surface area contributed by atoms with E-state index in [0.717, 1.165) is 24.5 Å². The highest BCUT2D eigenvalue weighted by Crippen LogP contribution is 2.17. The fourth-order valence-electron chi connectivity index (χ4n) is 1.62. The molecular weight excluding hydrogens is 200 g/mol. The van der Waals surface area contributed by atoms with Gasteiger partial charge in [0.25, 0.3) is 0 Å². The maximum absolute atomic E-state index is 5.69. The van der Waals surface area contributed by atoms with E-state index in [4.69, 9.17) is 5.73 Å². The molecule has 0 atom stereocenters. The van der Waals surface area contributed by atoms with Crippen LogP contribution in [0.15, 0.2) is 36.7 Å². The van der Waals surface area contributed by atoms with Crippen molar-refractivity contribution in [2.75, 3.05) is 17.6 Å². The molecule has 0 bridgehead atoms. The molecule has 0 radical (unpaired) electrons. The first-order chi connectivity index (χ1) is 7.75. The van der Waals surface area contributed by atoms with Gasteiger partial charge >= 0.3 is 0 Å². The first-order valence-corrected chi connectivity index (χ1v) is 5.33. The highest BCUT2D eigenvalue weighted by Gasteiger charge is 1.97. The summed E-state index contributed by atoms with van der Waals surface area (Å²) in [5.41, 5.74) is 8.79. The van der Waals surface area contributed by atoms with Gasteiger partial charge in [-0.3, -0.25) is 4.68 Å². The molecule has 0 saturated heterocycles. The Morgan fingerprint density at radius 1 is 1.44 bits per heavy atom. The first kappa shape index (κ1) is 10.5. The molecule has 1 aromatic carbocycles. The Bertz CT molecular complexity index is 448. The number of hydrogen-bond acceptors (Lipinski definition) is 3. The first-order valence-electron chi connectivity index (χ1n) is 5.33. The smallest absolute Gasteiger partial charge is 0.0582 e. The third-order valence-electron chi connectivity index (χ3n) is 2.47. The topological polar surface area (TPSA) is 55.9 Å².